The Morgan fingerprint density at radius 1 is 1.20 bits per heavy atom. The van der Waals surface area contributed by atoms with Crippen LogP contribution in [0, 0.1) is 6.92 Å². The highest BCUT2D eigenvalue weighted by Crippen LogP contribution is 1.85. The summed E-state index contributed by atoms with van der Waals surface area (Å²) in [6.45, 7) is 5.97. The third-order valence-corrected chi connectivity index (χ3v) is 0.813. The van der Waals surface area contributed by atoms with Crippen LogP contribution in [0.25, 0.3) is 0 Å². The molecule has 0 saturated carbocycles. The molecule has 0 saturated heterocycles. The normalized spacial score (nSPS) is 6.70. The average molecular weight is 141 g/mol. The summed E-state index contributed by atoms with van der Waals surface area (Å²) in [5, 5.41) is 0. The van der Waals surface area contributed by atoms with Crippen molar-refractivity contribution in [3.8, 4) is 0 Å². The standard InChI is InChI=1S/C6H7N.C2H6.H2O/c1-6-4-2-3-5-7-6;1-2;/h2-5H,1H3;1-2H3;1H2. The molecule has 1 aromatic heterocycles. The quantitative estimate of drug-likeness (QED) is 0.541. The van der Waals surface area contributed by atoms with E-state index in [9.17, 15) is 0 Å². The van der Waals surface area contributed by atoms with E-state index in [-0.39, 0.29) is 5.48 Å². The van der Waals surface area contributed by atoms with Crippen molar-refractivity contribution in [3.63, 3.8) is 0 Å². The first-order chi connectivity index (χ1) is 4.39. The smallest absolute Gasteiger partial charge is 0.0372 e. The minimum absolute atomic E-state index is 0. The summed E-state index contributed by atoms with van der Waals surface area (Å²) in [7, 11) is 0. The highest BCUT2D eigenvalue weighted by atomic mass is 16.0. The van der Waals surface area contributed by atoms with Gasteiger partial charge in [-0.1, -0.05) is 19.9 Å². The van der Waals surface area contributed by atoms with Crippen LogP contribution in [0.2, 0.25) is 0 Å². The van der Waals surface area contributed by atoms with Crippen LogP contribution in [-0.4, -0.2) is 10.5 Å². The van der Waals surface area contributed by atoms with Crippen molar-refractivity contribution in [1.29, 1.82) is 0 Å². The zero-order valence-corrected chi connectivity index (χ0v) is 6.76. The summed E-state index contributed by atoms with van der Waals surface area (Å²) >= 11 is 0. The Hall–Kier alpha value is -0.890. The molecule has 0 radical (unpaired) electrons. The van der Waals surface area contributed by atoms with Crippen LogP contribution in [0.1, 0.15) is 19.5 Å². The number of aryl methyl sites for hydroxylation is 1. The summed E-state index contributed by atoms with van der Waals surface area (Å²) in [6.07, 6.45) is 1.79. The predicted molar refractivity (Wildman–Crippen MR) is 43.9 cm³/mol. The maximum absolute atomic E-state index is 3.98. The van der Waals surface area contributed by atoms with Gasteiger partial charge < -0.3 is 5.48 Å². The van der Waals surface area contributed by atoms with Crippen molar-refractivity contribution in [2.75, 3.05) is 0 Å². The average Bonchev–Trinajstić information content (AvgIpc) is 1.94. The zero-order chi connectivity index (χ0) is 7.11. The van der Waals surface area contributed by atoms with Crippen molar-refractivity contribution in [3.05, 3.63) is 30.1 Å². The zero-order valence-electron chi connectivity index (χ0n) is 6.76. The van der Waals surface area contributed by atoms with Crippen LogP contribution in [0.4, 0.5) is 0 Å². The number of pyridine rings is 1. The molecular weight excluding hydrogens is 126 g/mol. The fourth-order valence-corrected chi connectivity index (χ4v) is 0.448. The summed E-state index contributed by atoms with van der Waals surface area (Å²) in [5.41, 5.74) is 1.07. The van der Waals surface area contributed by atoms with Crippen molar-refractivity contribution in [2.45, 2.75) is 20.8 Å². The number of aromatic nitrogens is 1. The van der Waals surface area contributed by atoms with E-state index in [1.165, 1.54) is 0 Å². The number of hydrogen-bond donors (Lipinski definition) is 0. The van der Waals surface area contributed by atoms with Gasteiger partial charge >= 0.3 is 0 Å². The SMILES string of the molecule is CC.Cc1ccccn1.O. The van der Waals surface area contributed by atoms with Crippen LogP contribution in [0.3, 0.4) is 0 Å². The van der Waals surface area contributed by atoms with Gasteiger partial charge in [-0.05, 0) is 19.1 Å². The van der Waals surface area contributed by atoms with E-state index in [1.807, 2.05) is 39.0 Å². The van der Waals surface area contributed by atoms with E-state index in [4.69, 9.17) is 0 Å². The number of rotatable bonds is 0. The van der Waals surface area contributed by atoms with Gasteiger partial charge in [-0.2, -0.15) is 0 Å². The van der Waals surface area contributed by atoms with Gasteiger partial charge in [0.1, 0.15) is 0 Å². The fourth-order valence-electron chi connectivity index (χ4n) is 0.448. The molecular formula is C8H15NO. The van der Waals surface area contributed by atoms with E-state index >= 15 is 0 Å². The lowest BCUT2D eigenvalue weighted by molar-refractivity contribution is 0.824. The molecule has 0 aromatic carbocycles. The molecule has 1 heterocycles. The summed E-state index contributed by atoms with van der Waals surface area (Å²) in [5.74, 6) is 0. The first-order valence-corrected chi connectivity index (χ1v) is 3.27. The second-order valence-corrected chi connectivity index (χ2v) is 1.47. The molecule has 0 aliphatic rings. The van der Waals surface area contributed by atoms with Gasteiger partial charge in [0.05, 0.1) is 0 Å². The van der Waals surface area contributed by atoms with Crippen LogP contribution in [0.5, 0.6) is 0 Å². The first kappa shape index (κ1) is 11.9. The van der Waals surface area contributed by atoms with Gasteiger partial charge in [0, 0.05) is 11.9 Å². The lowest BCUT2D eigenvalue weighted by Crippen LogP contribution is -1.72. The molecule has 1 aromatic rings. The monoisotopic (exact) mass is 141 g/mol. The predicted octanol–water partition coefficient (Wildman–Crippen LogP) is 1.59. The minimum atomic E-state index is 0. The molecule has 0 fully saturated rings. The van der Waals surface area contributed by atoms with Gasteiger partial charge in [0.25, 0.3) is 0 Å². The second kappa shape index (κ2) is 8.11. The van der Waals surface area contributed by atoms with Crippen molar-refractivity contribution in [1.82, 2.24) is 4.98 Å². The third kappa shape index (κ3) is 5.25. The Balaban J connectivity index is 0. The van der Waals surface area contributed by atoms with Crippen LogP contribution in [-0.2, 0) is 0 Å². The Kier molecular flexibility index (Phi) is 9.61. The summed E-state index contributed by atoms with van der Waals surface area (Å²) in [4.78, 5) is 3.98. The molecule has 0 aliphatic heterocycles. The first-order valence-electron chi connectivity index (χ1n) is 3.27. The topological polar surface area (TPSA) is 44.4 Å². The molecule has 2 nitrogen and oxygen atoms in total. The maximum Gasteiger partial charge on any atom is 0.0372 e. The van der Waals surface area contributed by atoms with E-state index < -0.39 is 0 Å². The Morgan fingerprint density at radius 3 is 2.00 bits per heavy atom. The van der Waals surface area contributed by atoms with Gasteiger partial charge in [-0.15, -0.1) is 0 Å². The highest BCUT2D eigenvalue weighted by molar-refractivity contribution is 4.99. The third-order valence-electron chi connectivity index (χ3n) is 0.813. The molecule has 0 amide bonds. The van der Waals surface area contributed by atoms with Crippen LogP contribution < -0.4 is 0 Å². The minimum Gasteiger partial charge on any atom is -0.412 e. The summed E-state index contributed by atoms with van der Waals surface area (Å²) in [6, 6.07) is 5.86. The second-order valence-electron chi connectivity index (χ2n) is 1.47. The lowest BCUT2D eigenvalue weighted by Gasteiger charge is -1.82. The Morgan fingerprint density at radius 2 is 1.80 bits per heavy atom. The van der Waals surface area contributed by atoms with Gasteiger partial charge in [-0.25, -0.2) is 0 Å². The lowest BCUT2D eigenvalue weighted by atomic mass is 10.4. The van der Waals surface area contributed by atoms with Crippen molar-refractivity contribution in [2.24, 2.45) is 0 Å². The summed E-state index contributed by atoms with van der Waals surface area (Å²) < 4.78 is 0. The molecule has 10 heavy (non-hydrogen) atoms. The van der Waals surface area contributed by atoms with E-state index in [2.05, 4.69) is 4.98 Å². The molecule has 0 bridgehead atoms. The van der Waals surface area contributed by atoms with Crippen molar-refractivity contribution < 1.29 is 5.48 Å². The maximum atomic E-state index is 3.98. The molecule has 0 spiro atoms. The van der Waals surface area contributed by atoms with E-state index in [0.717, 1.165) is 5.69 Å². The van der Waals surface area contributed by atoms with Crippen LogP contribution >= 0.6 is 0 Å². The Labute approximate surface area is 62.2 Å². The molecule has 58 valence electrons. The molecule has 1 rings (SSSR count). The molecule has 0 unspecified atom stereocenters. The molecule has 0 atom stereocenters. The Bertz CT molecular complexity index is 139. The number of nitrogens with zero attached hydrogens (tertiary/aromatic N) is 1. The molecule has 0 aliphatic carbocycles. The van der Waals surface area contributed by atoms with Gasteiger partial charge in [0.2, 0.25) is 0 Å². The number of hydrogen-bond acceptors (Lipinski definition) is 1. The largest absolute Gasteiger partial charge is 0.412 e. The fraction of sp³-hybridized carbons (Fsp3) is 0.375. The van der Waals surface area contributed by atoms with Gasteiger partial charge in [0.15, 0.2) is 0 Å². The highest BCUT2D eigenvalue weighted by Gasteiger charge is 1.73. The van der Waals surface area contributed by atoms with E-state index in [1.54, 1.807) is 6.20 Å². The van der Waals surface area contributed by atoms with E-state index in [0.29, 0.717) is 0 Å². The molecule has 2 N–H and O–H groups in total. The van der Waals surface area contributed by atoms with Crippen LogP contribution in [0.15, 0.2) is 24.4 Å². The van der Waals surface area contributed by atoms with Gasteiger partial charge in [-0.3, -0.25) is 4.98 Å². The molecule has 2 heteroatoms. The van der Waals surface area contributed by atoms with Crippen molar-refractivity contribution >= 4 is 0 Å².